The molecule has 2 aliphatic heterocycles. The van der Waals surface area contributed by atoms with Gasteiger partial charge in [-0.15, -0.1) is 0 Å². The van der Waals surface area contributed by atoms with Crippen molar-refractivity contribution in [3.8, 4) is 0 Å². The maximum Gasteiger partial charge on any atom is 0.180 e. The predicted molar refractivity (Wildman–Crippen MR) is 83.9 cm³/mol. The maximum absolute atomic E-state index is 14.6. The van der Waals surface area contributed by atoms with Crippen LogP contribution in [0.1, 0.15) is 30.4 Å². The topological polar surface area (TPSA) is 12.5 Å². The van der Waals surface area contributed by atoms with Crippen LogP contribution in [0.25, 0.3) is 0 Å². The number of hydrogen-bond donors (Lipinski definition) is 0. The smallest absolute Gasteiger partial charge is 0.180 e. The summed E-state index contributed by atoms with van der Waals surface area (Å²) in [7, 11) is 0. The van der Waals surface area contributed by atoms with Crippen LogP contribution in [-0.2, 0) is 10.5 Å². The van der Waals surface area contributed by atoms with Crippen molar-refractivity contribution in [2.24, 2.45) is 0 Å². The van der Waals surface area contributed by atoms with Gasteiger partial charge in [-0.1, -0.05) is 42.8 Å². The molecule has 0 aliphatic carbocycles. The number of fused-ring (bicyclic) bond motifs is 1. The molecule has 2 aromatic rings. The van der Waals surface area contributed by atoms with Gasteiger partial charge in [-0.05, 0) is 25.0 Å². The van der Waals surface area contributed by atoms with Gasteiger partial charge in [0.2, 0.25) is 0 Å². The molecule has 0 aromatic heterocycles. The van der Waals surface area contributed by atoms with E-state index in [1.807, 2.05) is 0 Å². The third-order valence-electron chi connectivity index (χ3n) is 4.99. The van der Waals surface area contributed by atoms with Gasteiger partial charge in [-0.2, -0.15) is 0 Å². The van der Waals surface area contributed by atoms with Crippen LogP contribution < -0.4 is 0 Å². The number of piperidine rings is 1. The summed E-state index contributed by atoms with van der Waals surface area (Å²) in [6.07, 6.45) is 3.16. The van der Waals surface area contributed by atoms with E-state index in [4.69, 9.17) is 4.74 Å². The van der Waals surface area contributed by atoms with E-state index in [1.165, 1.54) is 12.1 Å². The Hall–Kier alpha value is -1.78. The molecule has 4 heteroatoms. The Morgan fingerprint density at radius 3 is 2.13 bits per heavy atom. The van der Waals surface area contributed by atoms with Crippen LogP contribution in [0.5, 0.6) is 0 Å². The van der Waals surface area contributed by atoms with Crippen molar-refractivity contribution < 1.29 is 13.5 Å². The Morgan fingerprint density at radius 2 is 1.52 bits per heavy atom. The van der Waals surface area contributed by atoms with Crippen LogP contribution >= 0.6 is 0 Å². The van der Waals surface area contributed by atoms with Gasteiger partial charge in [-0.25, -0.2) is 8.78 Å². The molecule has 2 fully saturated rings. The molecule has 4 rings (SSSR count). The lowest BCUT2D eigenvalue weighted by atomic mass is 9.89. The highest BCUT2D eigenvalue weighted by Crippen LogP contribution is 2.47. The molecule has 2 heterocycles. The van der Waals surface area contributed by atoms with Gasteiger partial charge in [0.1, 0.15) is 11.6 Å². The summed E-state index contributed by atoms with van der Waals surface area (Å²) < 4.78 is 35.4. The molecule has 0 spiro atoms. The number of hydrogen-bond acceptors (Lipinski definition) is 2. The largest absolute Gasteiger partial charge is 0.350 e. The lowest BCUT2D eigenvalue weighted by molar-refractivity contribution is -0.0653. The molecule has 2 aliphatic rings. The van der Waals surface area contributed by atoms with E-state index in [0.717, 1.165) is 25.8 Å². The van der Waals surface area contributed by atoms with Crippen LogP contribution in [0, 0.1) is 11.6 Å². The second-order valence-electron chi connectivity index (χ2n) is 6.26. The Morgan fingerprint density at radius 1 is 0.913 bits per heavy atom. The Bertz CT molecular complexity index is 673. The molecule has 2 nitrogen and oxygen atoms in total. The van der Waals surface area contributed by atoms with E-state index in [2.05, 4.69) is 4.90 Å². The van der Waals surface area contributed by atoms with Crippen molar-refractivity contribution in [1.29, 1.82) is 0 Å². The zero-order chi connectivity index (χ0) is 15.9. The summed E-state index contributed by atoms with van der Waals surface area (Å²) >= 11 is 0. The van der Waals surface area contributed by atoms with Crippen LogP contribution in [0.2, 0.25) is 0 Å². The molecule has 120 valence electrons. The van der Waals surface area contributed by atoms with Crippen molar-refractivity contribution in [1.82, 2.24) is 4.90 Å². The van der Waals surface area contributed by atoms with Crippen molar-refractivity contribution >= 4 is 0 Å². The van der Waals surface area contributed by atoms with Crippen LogP contribution in [-0.4, -0.2) is 24.1 Å². The molecule has 0 N–H and O–H groups in total. The highest BCUT2D eigenvalue weighted by Gasteiger charge is 2.53. The zero-order valence-electron chi connectivity index (χ0n) is 12.8. The molecule has 0 radical (unpaired) electrons. The summed E-state index contributed by atoms with van der Waals surface area (Å²) in [5.74, 6) is -0.719. The zero-order valence-corrected chi connectivity index (χ0v) is 12.8. The van der Waals surface area contributed by atoms with Crippen molar-refractivity contribution in [3.63, 3.8) is 0 Å². The summed E-state index contributed by atoms with van der Waals surface area (Å²) in [6.45, 7) is 1.29. The highest BCUT2D eigenvalue weighted by atomic mass is 19.1. The fraction of sp³-hybridized carbons (Fsp3) is 0.368. The molecular weight excluding hydrogens is 296 g/mol. The molecule has 2 aromatic carbocycles. The first kappa shape index (κ1) is 14.8. The van der Waals surface area contributed by atoms with Gasteiger partial charge in [0.15, 0.2) is 5.72 Å². The van der Waals surface area contributed by atoms with E-state index in [9.17, 15) is 8.78 Å². The standard InChI is InChI=1S/C19H19F2NO/c20-17-10-3-1-8-15(17)19(16-9-2-4-11-18(16)21)22-12-6-5-7-14(22)13-23-19/h1-4,8-11,14H,5-7,12-13H2. The molecule has 23 heavy (non-hydrogen) atoms. The van der Waals surface area contributed by atoms with Gasteiger partial charge in [0, 0.05) is 23.7 Å². The average molecular weight is 315 g/mol. The number of halogens is 2. The quantitative estimate of drug-likeness (QED) is 0.829. The van der Waals surface area contributed by atoms with Gasteiger partial charge >= 0.3 is 0 Å². The van der Waals surface area contributed by atoms with Crippen LogP contribution in [0.15, 0.2) is 48.5 Å². The van der Waals surface area contributed by atoms with E-state index >= 15 is 0 Å². The van der Waals surface area contributed by atoms with Gasteiger partial charge in [-0.3, -0.25) is 4.90 Å². The van der Waals surface area contributed by atoms with E-state index in [-0.39, 0.29) is 17.7 Å². The molecule has 2 saturated heterocycles. The van der Waals surface area contributed by atoms with E-state index < -0.39 is 5.72 Å². The minimum absolute atomic E-state index is 0.211. The van der Waals surface area contributed by atoms with Gasteiger partial charge in [0.25, 0.3) is 0 Å². The molecular formula is C19H19F2NO. The van der Waals surface area contributed by atoms with Gasteiger partial charge < -0.3 is 4.74 Å². The number of benzene rings is 2. The van der Waals surface area contributed by atoms with Crippen molar-refractivity contribution in [2.45, 2.75) is 31.0 Å². The van der Waals surface area contributed by atoms with Gasteiger partial charge in [0.05, 0.1) is 6.61 Å². The number of ether oxygens (including phenoxy) is 1. The third-order valence-corrected chi connectivity index (χ3v) is 4.99. The summed E-state index contributed by atoms with van der Waals surface area (Å²) in [5.41, 5.74) is -0.370. The highest BCUT2D eigenvalue weighted by molar-refractivity contribution is 5.39. The lowest BCUT2D eigenvalue weighted by Crippen LogP contribution is -2.49. The maximum atomic E-state index is 14.6. The minimum atomic E-state index is -1.16. The molecule has 0 saturated carbocycles. The molecule has 1 unspecified atom stereocenters. The lowest BCUT2D eigenvalue weighted by Gasteiger charge is -2.42. The van der Waals surface area contributed by atoms with Crippen LogP contribution in [0.3, 0.4) is 0 Å². The van der Waals surface area contributed by atoms with E-state index in [1.54, 1.807) is 36.4 Å². The fourth-order valence-electron chi connectivity index (χ4n) is 3.97. The second-order valence-corrected chi connectivity index (χ2v) is 6.26. The minimum Gasteiger partial charge on any atom is -0.350 e. The summed E-state index contributed by atoms with van der Waals surface area (Å²) in [5, 5.41) is 0. The molecule has 0 amide bonds. The van der Waals surface area contributed by atoms with Crippen molar-refractivity contribution in [2.75, 3.05) is 13.2 Å². The Kier molecular flexibility index (Phi) is 3.66. The average Bonchev–Trinajstić information content (AvgIpc) is 2.96. The summed E-state index contributed by atoms with van der Waals surface area (Å²) in [6, 6.07) is 13.3. The SMILES string of the molecule is Fc1ccccc1C1(c2ccccc2F)OCC2CCCCN21. The monoisotopic (exact) mass is 315 g/mol. The second kappa shape index (κ2) is 5.69. The van der Waals surface area contributed by atoms with Crippen molar-refractivity contribution in [3.05, 3.63) is 71.3 Å². The normalized spacial score (nSPS) is 23.7. The number of rotatable bonds is 2. The van der Waals surface area contributed by atoms with E-state index in [0.29, 0.717) is 17.7 Å². The Balaban J connectivity index is 1.95. The third kappa shape index (κ3) is 2.20. The summed E-state index contributed by atoms with van der Waals surface area (Å²) in [4.78, 5) is 2.15. The predicted octanol–water partition coefficient (Wildman–Crippen LogP) is 4.05. The Labute approximate surface area is 134 Å². The molecule has 0 bridgehead atoms. The number of nitrogens with zero attached hydrogens (tertiary/aromatic N) is 1. The molecule has 1 atom stereocenters. The first-order valence-corrected chi connectivity index (χ1v) is 8.14. The van der Waals surface area contributed by atoms with Crippen LogP contribution in [0.4, 0.5) is 8.78 Å². The first-order chi connectivity index (χ1) is 11.2. The fourth-order valence-corrected chi connectivity index (χ4v) is 3.97. The first-order valence-electron chi connectivity index (χ1n) is 8.14.